The molecule has 1 fully saturated rings. The van der Waals surface area contributed by atoms with Crippen molar-refractivity contribution in [2.45, 2.75) is 26.0 Å². The van der Waals surface area contributed by atoms with Gasteiger partial charge in [-0.15, -0.1) is 0 Å². The van der Waals surface area contributed by atoms with Gasteiger partial charge in [0.1, 0.15) is 0 Å². The van der Waals surface area contributed by atoms with E-state index in [1.807, 2.05) is 0 Å². The summed E-state index contributed by atoms with van der Waals surface area (Å²) in [6.45, 7) is 7.27. The Balaban J connectivity index is 2.14. The molecule has 1 aliphatic rings. The zero-order valence-electron chi connectivity index (χ0n) is 11.9. The van der Waals surface area contributed by atoms with Crippen molar-refractivity contribution >= 4 is 21.6 Å². The maximum atomic E-state index is 8.97. The van der Waals surface area contributed by atoms with Crippen molar-refractivity contribution in [2.75, 3.05) is 31.1 Å². The van der Waals surface area contributed by atoms with Crippen molar-refractivity contribution in [3.63, 3.8) is 0 Å². The fourth-order valence-electron chi connectivity index (χ4n) is 2.44. The summed E-state index contributed by atoms with van der Waals surface area (Å²) in [5, 5.41) is 12.4. The van der Waals surface area contributed by atoms with Gasteiger partial charge in [0.15, 0.2) is 6.10 Å². The number of nitriles is 1. The van der Waals surface area contributed by atoms with E-state index in [0.29, 0.717) is 19.2 Å². The number of benzene rings is 1. The molecule has 0 radical (unpaired) electrons. The second kappa shape index (κ2) is 7.07. The minimum Gasteiger partial charge on any atom is -0.365 e. The van der Waals surface area contributed by atoms with Gasteiger partial charge in [-0.3, -0.25) is 0 Å². The first kappa shape index (κ1) is 15.3. The van der Waals surface area contributed by atoms with Crippen LogP contribution in [-0.2, 0) is 4.74 Å². The van der Waals surface area contributed by atoms with E-state index in [1.54, 1.807) is 0 Å². The smallest absolute Gasteiger partial charge is 0.161 e. The minimum atomic E-state index is -0.331. The van der Waals surface area contributed by atoms with E-state index >= 15 is 0 Å². The molecular weight excluding hydrogens is 318 g/mol. The molecule has 20 heavy (non-hydrogen) atoms. The number of nitrogens with one attached hydrogen (secondary N) is 1. The Morgan fingerprint density at radius 3 is 3.05 bits per heavy atom. The van der Waals surface area contributed by atoms with Gasteiger partial charge in [-0.25, -0.2) is 0 Å². The molecule has 1 aromatic carbocycles. The SMILES string of the molecule is CCNC(C)c1ccc(N2CCOC(C#N)C2)cc1Br. The molecule has 1 heterocycles. The second-order valence-electron chi connectivity index (χ2n) is 4.92. The van der Waals surface area contributed by atoms with Gasteiger partial charge < -0.3 is 15.0 Å². The lowest BCUT2D eigenvalue weighted by Crippen LogP contribution is -2.41. The lowest BCUT2D eigenvalue weighted by Gasteiger charge is -2.32. The first-order valence-electron chi connectivity index (χ1n) is 6.94. The van der Waals surface area contributed by atoms with Crippen LogP contribution in [-0.4, -0.2) is 32.3 Å². The summed E-state index contributed by atoms with van der Waals surface area (Å²) in [6, 6.07) is 8.89. The quantitative estimate of drug-likeness (QED) is 0.917. The van der Waals surface area contributed by atoms with E-state index in [-0.39, 0.29) is 6.10 Å². The summed E-state index contributed by atoms with van der Waals surface area (Å²) < 4.78 is 6.48. The van der Waals surface area contributed by atoms with Gasteiger partial charge in [0.25, 0.3) is 0 Å². The summed E-state index contributed by atoms with van der Waals surface area (Å²) >= 11 is 3.65. The third kappa shape index (κ3) is 3.51. The summed E-state index contributed by atoms with van der Waals surface area (Å²) in [5.41, 5.74) is 2.38. The number of hydrogen-bond acceptors (Lipinski definition) is 4. The number of rotatable bonds is 4. The van der Waals surface area contributed by atoms with E-state index in [0.717, 1.165) is 23.2 Å². The Morgan fingerprint density at radius 1 is 1.60 bits per heavy atom. The van der Waals surface area contributed by atoms with Gasteiger partial charge in [-0.2, -0.15) is 5.26 Å². The molecule has 2 rings (SSSR count). The largest absolute Gasteiger partial charge is 0.365 e. The van der Waals surface area contributed by atoms with E-state index in [9.17, 15) is 0 Å². The van der Waals surface area contributed by atoms with E-state index < -0.39 is 0 Å². The molecule has 108 valence electrons. The lowest BCUT2D eigenvalue weighted by atomic mass is 10.1. The molecular formula is C15H20BrN3O. The third-order valence-electron chi connectivity index (χ3n) is 3.54. The number of anilines is 1. The molecule has 0 aliphatic carbocycles. The van der Waals surface area contributed by atoms with Crippen molar-refractivity contribution in [3.8, 4) is 6.07 Å². The standard InChI is InChI=1S/C15H20BrN3O/c1-3-18-11(2)14-5-4-12(8-15(14)16)19-6-7-20-13(9-17)10-19/h4-5,8,11,13,18H,3,6-7,10H2,1-2H3. The molecule has 1 aromatic rings. The van der Waals surface area contributed by atoms with Crippen LogP contribution in [0.4, 0.5) is 5.69 Å². The number of nitrogens with zero attached hydrogens (tertiary/aromatic N) is 2. The summed E-state index contributed by atoms with van der Waals surface area (Å²) in [5.74, 6) is 0. The number of halogens is 1. The van der Waals surface area contributed by atoms with Crippen LogP contribution in [0.2, 0.25) is 0 Å². The first-order valence-corrected chi connectivity index (χ1v) is 7.74. The summed E-state index contributed by atoms with van der Waals surface area (Å²) in [6.07, 6.45) is -0.331. The van der Waals surface area contributed by atoms with Gasteiger partial charge >= 0.3 is 0 Å². The monoisotopic (exact) mass is 337 g/mol. The summed E-state index contributed by atoms with van der Waals surface area (Å²) in [7, 11) is 0. The minimum absolute atomic E-state index is 0.319. The van der Waals surface area contributed by atoms with Crippen LogP contribution < -0.4 is 10.2 Å². The number of hydrogen-bond donors (Lipinski definition) is 1. The van der Waals surface area contributed by atoms with E-state index in [4.69, 9.17) is 10.00 Å². The summed E-state index contributed by atoms with van der Waals surface area (Å²) in [4.78, 5) is 2.20. The van der Waals surface area contributed by atoms with Gasteiger partial charge in [-0.1, -0.05) is 28.9 Å². The molecule has 5 heteroatoms. The molecule has 2 unspecified atom stereocenters. The Bertz CT molecular complexity index is 500. The van der Waals surface area contributed by atoms with Crippen LogP contribution in [0.3, 0.4) is 0 Å². The highest BCUT2D eigenvalue weighted by Crippen LogP contribution is 2.29. The number of ether oxygens (including phenoxy) is 1. The van der Waals surface area contributed by atoms with Gasteiger partial charge in [0.2, 0.25) is 0 Å². The molecule has 1 N–H and O–H groups in total. The first-order chi connectivity index (χ1) is 9.65. The highest BCUT2D eigenvalue weighted by atomic mass is 79.9. The normalized spacial score (nSPS) is 20.5. The lowest BCUT2D eigenvalue weighted by molar-refractivity contribution is 0.0764. The van der Waals surface area contributed by atoms with Crippen molar-refractivity contribution < 1.29 is 4.74 Å². The Hall–Kier alpha value is -1.09. The van der Waals surface area contributed by atoms with Crippen LogP contribution in [0.1, 0.15) is 25.5 Å². The van der Waals surface area contributed by atoms with E-state index in [2.05, 4.69) is 64.3 Å². The molecule has 1 aliphatic heterocycles. The molecule has 0 saturated carbocycles. The second-order valence-corrected chi connectivity index (χ2v) is 5.77. The predicted octanol–water partition coefficient (Wildman–Crippen LogP) is 2.85. The van der Waals surface area contributed by atoms with Crippen LogP contribution in [0.15, 0.2) is 22.7 Å². The maximum absolute atomic E-state index is 8.97. The van der Waals surface area contributed by atoms with Gasteiger partial charge in [0.05, 0.1) is 19.2 Å². The Kier molecular flexibility index (Phi) is 5.41. The molecule has 1 saturated heterocycles. The van der Waals surface area contributed by atoms with E-state index in [1.165, 1.54) is 5.56 Å². The fourth-order valence-corrected chi connectivity index (χ4v) is 3.15. The highest BCUT2D eigenvalue weighted by Gasteiger charge is 2.21. The zero-order valence-corrected chi connectivity index (χ0v) is 13.5. The van der Waals surface area contributed by atoms with Crippen LogP contribution in [0.5, 0.6) is 0 Å². The molecule has 4 nitrogen and oxygen atoms in total. The van der Waals surface area contributed by atoms with Crippen molar-refractivity contribution in [2.24, 2.45) is 0 Å². The Labute approximate surface area is 128 Å². The molecule has 0 bridgehead atoms. The third-order valence-corrected chi connectivity index (χ3v) is 4.22. The van der Waals surface area contributed by atoms with Crippen LogP contribution in [0.25, 0.3) is 0 Å². The molecule has 0 aromatic heterocycles. The van der Waals surface area contributed by atoms with Gasteiger partial charge in [-0.05, 0) is 31.2 Å². The topological polar surface area (TPSA) is 48.3 Å². The molecule has 2 atom stereocenters. The fraction of sp³-hybridized carbons (Fsp3) is 0.533. The van der Waals surface area contributed by atoms with Crippen molar-refractivity contribution in [1.29, 1.82) is 5.26 Å². The number of morpholine rings is 1. The molecule has 0 amide bonds. The molecule has 0 spiro atoms. The van der Waals surface area contributed by atoms with Crippen LogP contribution >= 0.6 is 15.9 Å². The highest BCUT2D eigenvalue weighted by molar-refractivity contribution is 9.10. The average molecular weight is 338 g/mol. The van der Waals surface area contributed by atoms with Crippen LogP contribution in [0, 0.1) is 11.3 Å². The predicted molar refractivity (Wildman–Crippen MR) is 83.8 cm³/mol. The van der Waals surface area contributed by atoms with Crippen molar-refractivity contribution in [1.82, 2.24) is 5.32 Å². The zero-order chi connectivity index (χ0) is 14.5. The van der Waals surface area contributed by atoms with Gasteiger partial charge in [0, 0.05) is 22.7 Å². The van der Waals surface area contributed by atoms with Crippen molar-refractivity contribution in [3.05, 3.63) is 28.2 Å². The average Bonchev–Trinajstić information content (AvgIpc) is 2.47. The Morgan fingerprint density at radius 2 is 2.40 bits per heavy atom. The maximum Gasteiger partial charge on any atom is 0.161 e.